The second kappa shape index (κ2) is 5.01. The molecule has 1 saturated heterocycles. The van der Waals surface area contributed by atoms with Crippen LogP contribution < -0.4 is 0 Å². The summed E-state index contributed by atoms with van der Waals surface area (Å²) in [5, 5.41) is 0. The summed E-state index contributed by atoms with van der Waals surface area (Å²) in [6.45, 7) is 7.93. The Morgan fingerprint density at radius 2 is 1.76 bits per heavy atom. The number of ether oxygens (including phenoxy) is 2. The number of rotatable bonds is 4. The van der Waals surface area contributed by atoms with Crippen LogP contribution in [0.4, 0.5) is 0 Å². The van der Waals surface area contributed by atoms with Crippen molar-refractivity contribution in [1.82, 2.24) is 0 Å². The van der Waals surface area contributed by atoms with Gasteiger partial charge in [0.1, 0.15) is 0 Å². The molecular weight excluding hydrogens is 232 g/mol. The van der Waals surface area contributed by atoms with Crippen LogP contribution in [-0.2, 0) is 9.47 Å². The number of hydrogen-bond acceptors (Lipinski definition) is 3. The summed E-state index contributed by atoms with van der Waals surface area (Å²) in [4.78, 5) is 1.29. The Balaban J connectivity index is 1.99. The Hall–Kier alpha value is -0.510. The minimum absolute atomic E-state index is 0.0977. The highest BCUT2D eigenvalue weighted by Crippen LogP contribution is 2.40. The molecule has 0 bridgehead atoms. The van der Waals surface area contributed by atoms with Crippen molar-refractivity contribution >= 4 is 11.8 Å². The quantitative estimate of drug-likeness (QED) is 0.761. The van der Waals surface area contributed by atoms with Crippen LogP contribution in [0.2, 0.25) is 0 Å². The molecule has 0 unspecified atom stereocenters. The van der Waals surface area contributed by atoms with Gasteiger partial charge in [0, 0.05) is 16.1 Å². The molecule has 1 aromatic carbocycles. The highest BCUT2D eigenvalue weighted by Gasteiger charge is 2.37. The zero-order valence-electron chi connectivity index (χ0n) is 10.7. The fourth-order valence-corrected chi connectivity index (χ4v) is 3.54. The van der Waals surface area contributed by atoms with Crippen molar-refractivity contribution in [1.29, 1.82) is 0 Å². The van der Waals surface area contributed by atoms with Gasteiger partial charge in [0.25, 0.3) is 0 Å². The van der Waals surface area contributed by atoms with Crippen molar-refractivity contribution in [2.45, 2.75) is 42.6 Å². The van der Waals surface area contributed by atoms with Gasteiger partial charge in [0.15, 0.2) is 5.79 Å². The monoisotopic (exact) mass is 252 g/mol. The third-order valence-electron chi connectivity index (χ3n) is 2.78. The standard InChI is InChI=1S/C14H20O2S/c1-13(2,11-14(3)15-9-10-16-14)17-12-7-5-4-6-8-12/h4-8H,9-11H2,1-3H3. The van der Waals surface area contributed by atoms with Crippen LogP contribution in [0.3, 0.4) is 0 Å². The molecule has 0 atom stereocenters. The van der Waals surface area contributed by atoms with E-state index in [1.165, 1.54) is 4.90 Å². The highest BCUT2D eigenvalue weighted by atomic mass is 32.2. The first-order valence-corrected chi connectivity index (χ1v) is 6.83. The van der Waals surface area contributed by atoms with Gasteiger partial charge in [-0.15, -0.1) is 11.8 Å². The Kier molecular flexibility index (Phi) is 3.81. The minimum atomic E-state index is -0.411. The zero-order valence-corrected chi connectivity index (χ0v) is 11.5. The molecule has 0 N–H and O–H groups in total. The first-order chi connectivity index (χ1) is 7.99. The molecular formula is C14H20O2S. The topological polar surface area (TPSA) is 18.5 Å². The van der Waals surface area contributed by atoms with E-state index in [1.807, 2.05) is 24.8 Å². The van der Waals surface area contributed by atoms with E-state index in [-0.39, 0.29) is 4.75 Å². The van der Waals surface area contributed by atoms with Crippen molar-refractivity contribution in [3.63, 3.8) is 0 Å². The second-order valence-corrected chi connectivity index (χ2v) is 6.96. The van der Waals surface area contributed by atoms with Crippen LogP contribution in [0, 0.1) is 0 Å². The Bertz CT molecular complexity index is 356. The van der Waals surface area contributed by atoms with Crippen LogP contribution in [0.15, 0.2) is 35.2 Å². The van der Waals surface area contributed by atoms with E-state index in [0.717, 1.165) is 6.42 Å². The molecule has 1 heterocycles. The van der Waals surface area contributed by atoms with E-state index in [1.54, 1.807) is 0 Å². The van der Waals surface area contributed by atoms with Crippen molar-refractivity contribution in [2.24, 2.45) is 0 Å². The molecule has 1 aliphatic heterocycles. The number of hydrogen-bond donors (Lipinski definition) is 0. The number of benzene rings is 1. The normalized spacial score (nSPS) is 19.5. The molecule has 0 saturated carbocycles. The molecule has 2 nitrogen and oxygen atoms in total. The van der Waals surface area contributed by atoms with Crippen LogP contribution in [0.25, 0.3) is 0 Å². The summed E-state index contributed by atoms with van der Waals surface area (Å²) in [7, 11) is 0. The Morgan fingerprint density at radius 1 is 1.18 bits per heavy atom. The maximum absolute atomic E-state index is 5.68. The summed E-state index contributed by atoms with van der Waals surface area (Å²) < 4.78 is 11.5. The second-order valence-electron chi connectivity index (χ2n) is 5.18. The van der Waals surface area contributed by atoms with Crippen molar-refractivity contribution in [3.05, 3.63) is 30.3 Å². The maximum atomic E-state index is 5.68. The van der Waals surface area contributed by atoms with Gasteiger partial charge in [-0.05, 0) is 19.1 Å². The summed E-state index contributed by atoms with van der Waals surface area (Å²) in [6.07, 6.45) is 0.888. The van der Waals surface area contributed by atoms with E-state index in [9.17, 15) is 0 Å². The van der Waals surface area contributed by atoms with Gasteiger partial charge in [0.05, 0.1) is 13.2 Å². The third kappa shape index (κ3) is 3.73. The molecule has 94 valence electrons. The molecule has 3 heteroatoms. The average Bonchev–Trinajstić information content (AvgIpc) is 2.64. The average molecular weight is 252 g/mol. The smallest absolute Gasteiger partial charge is 0.167 e. The van der Waals surface area contributed by atoms with Gasteiger partial charge in [-0.3, -0.25) is 0 Å². The molecule has 0 aliphatic carbocycles. The van der Waals surface area contributed by atoms with Crippen molar-refractivity contribution in [3.8, 4) is 0 Å². The molecule has 1 fully saturated rings. The predicted octanol–water partition coefficient (Wildman–Crippen LogP) is 3.71. The fourth-order valence-electron chi connectivity index (χ4n) is 2.28. The van der Waals surface area contributed by atoms with E-state index in [4.69, 9.17) is 9.47 Å². The highest BCUT2D eigenvalue weighted by molar-refractivity contribution is 8.00. The van der Waals surface area contributed by atoms with Gasteiger partial charge >= 0.3 is 0 Å². The van der Waals surface area contributed by atoms with E-state index >= 15 is 0 Å². The molecule has 1 aliphatic rings. The predicted molar refractivity (Wildman–Crippen MR) is 71.3 cm³/mol. The minimum Gasteiger partial charge on any atom is -0.348 e. The summed E-state index contributed by atoms with van der Waals surface area (Å²) in [6, 6.07) is 10.5. The summed E-state index contributed by atoms with van der Waals surface area (Å²) in [5.74, 6) is -0.411. The van der Waals surface area contributed by atoms with Crippen molar-refractivity contribution in [2.75, 3.05) is 13.2 Å². The molecule has 0 aromatic heterocycles. The van der Waals surface area contributed by atoms with Crippen LogP contribution in [-0.4, -0.2) is 23.7 Å². The first-order valence-electron chi connectivity index (χ1n) is 6.01. The third-order valence-corrected chi connectivity index (χ3v) is 3.99. The molecule has 0 amide bonds. The van der Waals surface area contributed by atoms with Gasteiger partial charge < -0.3 is 9.47 Å². The molecule has 0 spiro atoms. The Labute approximate surface area is 108 Å². The van der Waals surface area contributed by atoms with E-state index in [2.05, 4.69) is 38.1 Å². The largest absolute Gasteiger partial charge is 0.348 e. The molecule has 2 rings (SSSR count). The van der Waals surface area contributed by atoms with Crippen LogP contribution >= 0.6 is 11.8 Å². The SMILES string of the molecule is CC1(CC(C)(C)Sc2ccccc2)OCCO1. The van der Waals surface area contributed by atoms with Gasteiger partial charge in [-0.1, -0.05) is 32.0 Å². The molecule has 17 heavy (non-hydrogen) atoms. The molecule has 0 radical (unpaired) electrons. The van der Waals surface area contributed by atoms with Crippen LogP contribution in [0.5, 0.6) is 0 Å². The number of thioether (sulfide) groups is 1. The zero-order chi connectivity index (χ0) is 12.4. The lowest BCUT2D eigenvalue weighted by atomic mass is 10.0. The van der Waals surface area contributed by atoms with Gasteiger partial charge in [0.2, 0.25) is 0 Å². The van der Waals surface area contributed by atoms with Gasteiger partial charge in [-0.25, -0.2) is 0 Å². The summed E-state index contributed by atoms with van der Waals surface area (Å²) >= 11 is 1.87. The van der Waals surface area contributed by atoms with E-state index in [0.29, 0.717) is 13.2 Å². The first kappa shape index (κ1) is 12.9. The fraction of sp³-hybridized carbons (Fsp3) is 0.571. The Morgan fingerprint density at radius 3 is 2.35 bits per heavy atom. The van der Waals surface area contributed by atoms with Crippen molar-refractivity contribution < 1.29 is 9.47 Å². The molecule has 1 aromatic rings. The van der Waals surface area contributed by atoms with Crippen LogP contribution in [0.1, 0.15) is 27.2 Å². The maximum Gasteiger partial charge on any atom is 0.167 e. The lowest BCUT2D eigenvalue weighted by Crippen LogP contribution is -2.34. The van der Waals surface area contributed by atoms with Gasteiger partial charge in [-0.2, -0.15) is 0 Å². The lowest BCUT2D eigenvalue weighted by molar-refractivity contribution is -0.150. The lowest BCUT2D eigenvalue weighted by Gasteiger charge is -2.32. The van der Waals surface area contributed by atoms with E-state index < -0.39 is 5.79 Å². The summed E-state index contributed by atoms with van der Waals surface area (Å²) in [5.41, 5.74) is 0.